The third-order valence-corrected chi connectivity index (χ3v) is 9.13. The summed E-state index contributed by atoms with van der Waals surface area (Å²) >= 11 is 0. The number of methoxy groups -OCH3 is 1. The highest BCUT2D eigenvalue weighted by Crippen LogP contribution is 2.33. The SMILES string of the molecule is CCCNC(=O)[C@H](Cc1ccccc1)N(Cc1cccc(OC)c1)C(=O)CN(c1ccccc1OCC)S(=O)(=O)c1ccccc1. The van der Waals surface area contributed by atoms with Crippen LogP contribution in [0.3, 0.4) is 0 Å². The Morgan fingerprint density at radius 2 is 1.48 bits per heavy atom. The van der Waals surface area contributed by atoms with Crippen LogP contribution in [0.5, 0.6) is 11.5 Å². The Hall–Kier alpha value is -4.83. The Bertz CT molecular complexity index is 1680. The number of carbonyl (C=O) groups is 2. The van der Waals surface area contributed by atoms with Crippen molar-refractivity contribution in [1.29, 1.82) is 0 Å². The Kier molecular flexibility index (Phi) is 12.2. The lowest BCUT2D eigenvalue weighted by Crippen LogP contribution is -2.53. The van der Waals surface area contributed by atoms with Gasteiger partial charge in [0.2, 0.25) is 11.8 Å². The first-order valence-corrected chi connectivity index (χ1v) is 16.8. The minimum absolute atomic E-state index is 0.0231. The van der Waals surface area contributed by atoms with E-state index in [4.69, 9.17) is 9.47 Å². The van der Waals surface area contributed by atoms with Crippen LogP contribution in [0, 0.1) is 0 Å². The second-order valence-electron chi connectivity index (χ2n) is 10.6. The molecule has 1 N–H and O–H groups in total. The van der Waals surface area contributed by atoms with E-state index in [0.29, 0.717) is 31.1 Å². The molecule has 242 valence electrons. The molecule has 0 unspecified atom stereocenters. The number of rotatable bonds is 16. The van der Waals surface area contributed by atoms with Gasteiger partial charge in [0.1, 0.15) is 24.1 Å². The zero-order valence-corrected chi connectivity index (χ0v) is 27.3. The monoisotopic (exact) mass is 643 g/mol. The summed E-state index contributed by atoms with van der Waals surface area (Å²) in [6.45, 7) is 3.95. The molecular formula is C36H41N3O6S. The maximum atomic E-state index is 14.6. The number of carbonyl (C=O) groups excluding carboxylic acids is 2. The van der Waals surface area contributed by atoms with Gasteiger partial charge in [0.05, 0.1) is 24.3 Å². The molecule has 4 aromatic carbocycles. The van der Waals surface area contributed by atoms with Gasteiger partial charge in [-0.15, -0.1) is 0 Å². The molecule has 0 bridgehead atoms. The van der Waals surface area contributed by atoms with Gasteiger partial charge in [-0.25, -0.2) is 8.42 Å². The lowest BCUT2D eigenvalue weighted by atomic mass is 10.0. The van der Waals surface area contributed by atoms with Gasteiger partial charge in [-0.05, 0) is 60.9 Å². The lowest BCUT2D eigenvalue weighted by Gasteiger charge is -2.34. The molecule has 0 heterocycles. The summed E-state index contributed by atoms with van der Waals surface area (Å²) in [5.74, 6) is 0.0346. The predicted molar refractivity (Wildman–Crippen MR) is 179 cm³/mol. The van der Waals surface area contributed by atoms with E-state index in [0.717, 1.165) is 15.4 Å². The highest BCUT2D eigenvalue weighted by Gasteiger charge is 2.35. The molecule has 0 aromatic heterocycles. The minimum atomic E-state index is -4.24. The van der Waals surface area contributed by atoms with Gasteiger partial charge in [0.15, 0.2) is 0 Å². The average Bonchev–Trinajstić information content (AvgIpc) is 3.09. The van der Waals surface area contributed by atoms with Crippen molar-refractivity contribution in [2.45, 2.75) is 44.2 Å². The van der Waals surface area contributed by atoms with Crippen LogP contribution in [0.1, 0.15) is 31.4 Å². The number of nitrogens with zero attached hydrogens (tertiary/aromatic N) is 2. The van der Waals surface area contributed by atoms with Crippen LogP contribution in [0.25, 0.3) is 0 Å². The van der Waals surface area contributed by atoms with Crippen LogP contribution < -0.4 is 19.1 Å². The Morgan fingerprint density at radius 3 is 2.15 bits per heavy atom. The standard InChI is InChI=1S/C36H41N3O6S/c1-4-23-37-36(41)33(25-28-15-8-6-9-16-28)38(26-29-17-14-18-30(24-29)44-3)35(40)27-39(32-21-12-13-22-34(32)45-5-2)46(42,43)31-19-10-7-11-20-31/h6-22,24,33H,4-5,23,25-27H2,1-3H3,(H,37,41)/t33-/m0/s1. The normalized spacial score (nSPS) is 11.7. The van der Waals surface area contributed by atoms with E-state index >= 15 is 0 Å². The largest absolute Gasteiger partial charge is 0.497 e. The van der Waals surface area contributed by atoms with Crippen molar-refractivity contribution in [1.82, 2.24) is 10.2 Å². The van der Waals surface area contributed by atoms with Crippen LogP contribution in [0.15, 0.2) is 114 Å². The summed E-state index contributed by atoms with van der Waals surface area (Å²) in [5, 5.41) is 2.95. The fraction of sp³-hybridized carbons (Fsp3) is 0.278. The van der Waals surface area contributed by atoms with E-state index in [9.17, 15) is 18.0 Å². The number of hydrogen-bond acceptors (Lipinski definition) is 6. The summed E-state index contributed by atoms with van der Waals surface area (Å²) in [6, 6.07) is 30.4. The first-order valence-electron chi connectivity index (χ1n) is 15.3. The van der Waals surface area contributed by atoms with E-state index in [1.54, 1.807) is 68.6 Å². The molecule has 2 amide bonds. The molecule has 0 spiro atoms. The maximum Gasteiger partial charge on any atom is 0.264 e. The summed E-state index contributed by atoms with van der Waals surface area (Å²) < 4.78 is 40.8. The molecular weight excluding hydrogens is 602 g/mol. The van der Waals surface area contributed by atoms with Gasteiger partial charge in [-0.2, -0.15) is 0 Å². The van der Waals surface area contributed by atoms with E-state index in [1.165, 1.54) is 17.0 Å². The van der Waals surface area contributed by atoms with Crippen molar-refractivity contribution in [3.8, 4) is 11.5 Å². The van der Waals surface area contributed by atoms with Gasteiger partial charge in [0.25, 0.3) is 10.0 Å². The molecule has 1 atom stereocenters. The molecule has 4 rings (SSSR count). The van der Waals surface area contributed by atoms with Gasteiger partial charge in [-0.3, -0.25) is 13.9 Å². The quantitative estimate of drug-likeness (QED) is 0.174. The van der Waals surface area contributed by atoms with Crippen molar-refractivity contribution >= 4 is 27.5 Å². The molecule has 0 fully saturated rings. The minimum Gasteiger partial charge on any atom is -0.497 e. The lowest BCUT2D eigenvalue weighted by molar-refractivity contribution is -0.140. The third-order valence-electron chi connectivity index (χ3n) is 7.35. The molecule has 9 nitrogen and oxygen atoms in total. The fourth-order valence-electron chi connectivity index (χ4n) is 5.06. The average molecular weight is 644 g/mol. The highest BCUT2D eigenvalue weighted by molar-refractivity contribution is 7.92. The van der Waals surface area contributed by atoms with E-state index < -0.39 is 28.5 Å². The number of ether oxygens (including phenoxy) is 2. The number of para-hydroxylation sites is 2. The van der Waals surface area contributed by atoms with Crippen molar-refractivity contribution in [3.63, 3.8) is 0 Å². The highest BCUT2D eigenvalue weighted by atomic mass is 32.2. The molecule has 10 heteroatoms. The van der Waals surface area contributed by atoms with Crippen LogP contribution in [-0.2, 0) is 32.6 Å². The number of anilines is 1. The zero-order valence-electron chi connectivity index (χ0n) is 26.5. The van der Waals surface area contributed by atoms with Crippen LogP contribution in [0.2, 0.25) is 0 Å². The van der Waals surface area contributed by atoms with E-state index in [2.05, 4.69) is 5.32 Å². The van der Waals surface area contributed by atoms with Crippen molar-refractivity contribution in [2.24, 2.45) is 0 Å². The smallest absolute Gasteiger partial charge is 0.264 e. The third kappa shape index (κ3) is 8.66. The molecule has 0 saturated heterocycles. The van der Waals surface area contributed by atoms with Gasteiger partial charge in [-0.1, -0.05) is 79.7 Å². The summed E-state index contributed by atoms with van der Waals surface area (Å²) in [4.78, 5) is 29.9. The number of hydrogen-bond donors (Lipinski definition) is 1. The number of benzene rings is 4. The van der Waals surface area contributed by atoms with Crippen LogP contribution in [-0.4, -0.2) is 58.0 Å². The Morgan fingerprint density at radius 1 is 0.826 bits per heavy atom. The predicted octanol–water partition coefficient (Wildman–Crippen LogP) is 5.46. The molecule has 0 saturated carbocycles. The Labute approximate surface area is 271 Å². The molecule has 46 heavy (non-hydrogen) atoms. The van der Waals surface area contributed by atoms with E-state index in [-0.39, 0.29) is 29.5 Å². The molecule has 0 aliphatic heterocycles. The van der Waals surface area contributed by atoms with E-state index in [1.807, 2.05) is 49.4 Å². The van der Waals surface area contributed by atoms with Crippen molar-refractivity contribution in [3.05, 3.63) is 120 Å². The number of nitrogens with one attached hydrogen (secondary N) is 1. The Balaban J connectivity index is 1.83. The van der Waals surface area contributed by atoms with Crippen LogP contribution in [0.4, 0.5) is 5.69 Å². The van der Waals surface area contributed by atoms with Gasteiger partial charge < -0.3 is 19.7 Å². The second-order valence-corrected chi connectivity index (χ2v) is 12.5. The first kappa shape index (κ1) is 34.1. The first-order chi connectivity index (χ1) is 22.3. The van der Waals surface area contributed by atoms with Crippen molar-refractivity contribution in [2.75, 3.05) is 31.1 Å². The van der Waals surface area contributed by atoms with Gasteiger partial charge >= 0.3 is 0 Å². The molecule has 4 aromatic rings. The molecule has 0 aliphatic rings. The summed E-state index contributed by atoms with van der Waals surface area (Å²) in [7, 11) is -2.68. The number of amides is 2. The molecule has 0 radical (unpaired) electrons. The topological polar surface area (TPSA) is 105 Å². The maximum absolute atomic E-state index is 14.6. The number of sulfonamides is 1. The fourth-order valence-corrected chi connectivity index (χ4v) is 6.51. The molecule has 0 aliphatic carbocycles. The van der Waals surface area contributed by atoms with Gasteiger partial charge in [0, 0.05) is 19.5 Å². The summed E-state index contributed by atoms with van der Waals surface area (Å²) in [5.41, 5.74) is 1.80. The summed E-state index contributed by atoms with van der Waals surface area (Å²) in [6.07, 6.45) is 0.942. The van der Waals surface area contributed by atoms with Crippen molar-refractivity contribution < 1.29 is 27.5 Å². The zero-order chi connectivity index (χ0) is 32.9. The van der Waals surface area contributed by atoms with Crippen LogP contribution >= 0.6 is 0 Å². The second kappa shape index (κ2) is 16.5.